The van der Waals surface area contributed by atoms with Crippen LogP contribution in [-0.4, -0.2) is 99.6 Å². The summed E-state index contributed by atoms with van der Waals surface area (Å²) in [6, 6.07) is -1.03. The zero-order chi connectivity index (χ0) is 52.5. The van der Waals surface area contributed by atoms with Crippen LogP contribution in [0.25, 0.3) is 0 Å². The van der Waals surface area contributed by atoms with Gasteiger partial charge in [0.25, 0.3) is 0 Å². The van der Waals surface area contributed by atoms with Crippen molar-refractivity contribution >= 4 is 11.9 Å². The van der Waals surface area contributed by atoms with E-state index < -0.39 is 67.4 Å². The van der Waals surface area contributed by atoms with E-state index in [0.29, 0.717) is 12.8 Å². The number of aliphatic hydroxyl groups excluding tert-OH is 5. The van der Waals surface area contributed by atoms with Gasteiger partial charge in [0.2, 0.25) is 5.91 Å². The van der Waals surface area contributed by atoms with E-state index in [0.717, 1.165) is 96.3 Å². The number of carbonyl (C=O) groups is 2. The minimum absolute atomic E-state index is 0.116. The molecule has 0 aromatic carbocycles. The lowest BCUT2D eigenvalue weighted by Crippen LogP contribution is -2.61. The van der Waals surface area contributed by atoms with E-state index in [1.165, 1.54) is 109 Å². The summed E-state index contributed by atoms with van der Waals surface area (Å²) >= 11 is 0. The maximum Gasteiger partial charge on any atom is 0.306 e. The lowest BCUT2D eigenvalue weighted by atomic mass is 9.99. The molecule has 1 rings (SSSR count). The molecule has 0 radical (unpaired) electrons. The van der Waals surface area contributed by atoms with Gasteiger partial charge < -0.3 is 45.1 Å². The van der Waals surface area contributed by atoms with Gasteiger partial charge in [-0.15, -0.1) is 0 Å². The van der Waals surface area contributed by atoms with Crippen LogP contribution in [0.4, 0.5) is 0 Å². The third-order valence-corrected chi connectivity index (χ3v) is 13.7. The SMILES string of the molecule is CC/C=C/C=C/C=C/CCCCCCCCC(O)C(=O)NC(COC1OC(CO)C(O)C(O)C1OC(=O)CCCCCCCCC/C=C/CCCCCCCC)C(O)/C=C/CCCCCCCCCCCC. The molecule has 0 bridgehead atoms. The highest BCUT2D eigenvalue weighted by atomic mass is 16.7. The first-order valence-corrected chi connectivity index (χ1v) is 29.6. The summed E-state index contributed by atoms with van der Waals surface area (Å²) in [5, 5.41) is 56.8. The summed E-state index contributed by atoms with van der Waals surface area (Å²) in [4.78, 5) is 26.5. The number of esters is 1. The van der Waals surface area contributed by atoms with Crippen LogP contribution in [0.3, 0.4) is 0 Å². The molecular weight excluding hydrogens is 907 g/mol. The molecule has 1 saturated heterocycles. The average Bonchev–Trinajstić information content (AvgIpc) is 3.38. The monoisotopic (exact) mass is 1020 g/mol. The van der Waals surface area contributed by atoms with Gasteiger partial charge in [0, 0.05) is 6.42 Å². The summed E-state index contributed by atoms with van der Waals surface area (Å²) in [6.45, 7) is 5.64. The number of aliphatic hydroxyl groups is 5. The Morgan fingerprint density at radius 2 is 1.01 bits per heavy atom. The van der Waals surface area contributed by atoms with Crippen molar-refractivity contribution in [3.63, 3.8) is 0 Å². The molecule has 1 aliphatic rings. The predicted molar refractivity (Wildman–Crippen MR) is 296 cm³/mol. The molecule has 8 atom stereocenters. The molecule has 1 amide bonds. The third-order valence-electron chi connectivity index (χ3n) is 13.7. The van der Waals surface area contributed by atoms with Crippen molar-refractivity contribution in [1.29, 1.82) is 0 Å². The van der Waals surface area contributed by atoms with E-state index in [2.05, 4.69) is 62.5 Å². The molecule has 1 fully saturated rings. The highest BCUT2D eigenvalue weighted by Gasteiger charge is 2.47. The number of carbonyl (C=O) groups excluding carboxylic acids is 2. The molecule has 0 saturated carbocycles. The van der Waals surface area contributed by atoms with Crippen molar-refractivity contribution in [3.8, 4) is 0 Å². The summed E-state index contributed by atoms with van der Waals surface area (Å²) in [5.41, 5.74) is 0. The predicted octanol–water partition coefficient (Wildman–Crippen LogP) is 13.4. The fourth-order valence-electron chi connectivity index (χ4n) is 9.00. The number of hydrogen-bond donors (Lipinski definition) is 6. The topological polar surface area (TPSA) is 175 Å². The van der Waals surface area contributed by atoms with Crippen LogP contribution in [0.5, 0.6) is 0 Å². The molecule has 11 nitrogen and oxygen atoms in total. The number of nitrogens with one attached hydrogen (secondary N) is 1. The Morgan fingerprint density at radius 3 is 1.53 bits per heavy atom. The van der Waals surface area contributed by atoms with E-state index in [4.69, 9.17) is 14.2 Å². The lowest BCUT2D eigenvalue weighted by Gasteiger charge is -2.41. The molecule has 0 aromatic heterocycles. The van der Waals surface area contributed by atoms with Gasteiger partial charge in [-0.25, -0.2) is 0 Å². The number of unbranched alkanes of at least 4 members (excludes halogenated alkanes) is 29. The molecule has 418 valence electrons. The first kappa shape index (κ1) is 67.4. The Morgan fingerprint density at radius 1 is 0.556 bits per heavy atom. The van der Waals surface area contributed by atoms with Gasteiger partial charge in [-0.3, -0.25) is 9.59 Å². The number of rotatable bonds is 49. The van der Waals surface area contributed by atoms with Crippen LogP contribution in [0.2, 0.25) is 0 Å². The van der Waals surface area contributed by atoms with Gasteiger partial charge >= 0.3 is 5.97 Å². The van der Waals surface area contributed by atoms with Gasteiger partial charge in [0.15, 0.2) is 12.4 Å². The van der Waals surface area contributed by atoms with Gasteiger partial charge in [-0.1, -0.05) is 236 Å². The number of ether oxygens (including phenoxy) is 3. The van der Waals surface area contributed by atoms with Gasteiger partial charge in [0.1, 0.15) is 24.4 Å². The summed E-state index contributed by atoms with van der Waals surface area (Å²) in [5.74, 6) is -1.21. The second kappa shape index (κ2) is 49.2. The fraction of sp³-hybridized carbons (Fsp3) is 0.803. The van der Waals surface area contributed by atoms with Crippen molar-refractivity contribution in [2.24, 2.45) is 0 Å². The molecule has 1 aliphatic heterocycles. The van der Waals surface area contributed by atoms with E-state index in [-0.39, 0.29) is 19.4 Å². The fourth-order valence-corrected chi connectivity index (χ4v) is 9.00. The zero-order valence-electron chi connectivity index (χ0n) is 46.0. The minimum Gasteiger partial charge on any atom is -0.454 e. The number of allylic oxidation sites excluding steroid dienone is 9. The summed E-state index contributed by atoms with van der Waals surface area (Å²) in [6.07, 6.45) is 49.7. The van der Waals surface area contributed by atoms with Crippen molar-refractivity contribution in [3.05, 3.63) is 60.8 Å². The molecule has 1 heterocycles. The lowest BCUT2D eigenvalue weighted by molar-refractivity contribution is -0.305. The van der Waals surface area contributed by atoms with E-state index in [1.807, 2.05) is 18.2 Å². The largest absolute Gasteiger partial charge is 0.454 e. The molecule has 72 heavy (non-hydrogen) atoms. The highest BCUT2D eigenvalue weighted by molar-refractivity contribution is 5.80. The van der Waals surface area contributed by atoms with Crippen molar-refractivity contribution in [2.45, 2.75) is 301 Å². The second-order valence-corrected chi connectivity index (χ2v) is 20.4. The molecule has 0 aliphatic carbocycles. The third kappa shape index (κ3) is 37.1. The number of hydrogen-bond acceptors (Lipinski definition) is 10. The molecule has 6 N–H and O–H groups in total. The normalized spacial score (nSPS) is 19.9. The summed E-state index contributed by atoms with van der Waals surface area (Å²) in [7, 11) is 0. The second-order valence-electron chi connectivity index (χ2n) is 20.4. The first-order chi connectivity index (χ1) is 35.2. The molecule has 0 spiro atoms. The van der Waals surface area contributed by atoms with Gasteiger partial charge in [0.05, 0.1) is 25.4 Å². The molecular formula is C61H109NO10. The van der Waals surface area contributed by atoms with Crippen molar-refractivity contribution in [2.75, 3.05) is 13.2 Å². The Kier molecular flexibility index (Phi) is 46.1. The average molecular weight is 1020 g/mol. The van der Waals surface area contributed by atoms with E-state index in [1.54, 1.807) is 6.08 Å². The maximum atomic E-state index is 13.4. The maximum absolute atomic E-state index is 13.4. The first-order valence-electron chi connectivity index (χ1n) is 29.6. The standard InChI is InChI=1S/C61H109NO10/c1-4-7-10-13-16-19-22-25-27-28-29-31-34-37-40-43-46-49-56(66)72-59-58(68)57(67)55(50-63)71-61(59)70-51-52(53(64)47-44-41-38-35-32-24-21-18-15-12-9-6-3)62-60(69)54(65)48-45-42-39-36-33-30-26-23-20-17-14-11-8-5-2/h8,11,14,17,20,23,25,27,44,47,52-55,57-59,61,63-65,67-68H,4-7,9-10,12-13,15-16,18-19,21-22,24,26,28-43,45-46,48-51H2,1-3H3,(H,62,69)/b11-8+,17-14+,23-20+,27-25+,47-44+. The van der Waals surface area contributed by atoms with Crippen molar-refractivity contribution < 1.29 is 49.3 Å². The van der Waals surface area contributed by atoms with Crippen molar-refractivity contribution in [1.82, 2.24) is 5.32 Å². The summed E-state index contributed by atoms with van der Waals surface area (Å²) < 4.78 is 17.6. The quantitative estimate of drug-likeness (QED) is 0.0149. The molecule has 8 unspecified atom stereocenters. The molecule has 11 heteroatoms. The van der Waals surface area contributed by atoms with E-state index in [9.17, 15) is 35.1 Å². The highest BCUT2D eigenvalue weighted by Crippen LogP contribution is 2.26. The van der Waals surface area contributed by atoms with Crippen LogP contribution in [0, 0.1) is 0 Å². The molecule has 0 aromatic rings. The van der Waals surface area contributed by atoms with Crippen LogP contribution in [-0.2, 0) is 23.8 Å². The zero-order valence-corrected chi connectivity index (χ0v) is 46.0. The smallest absolute Gasteiger partial charge is 0.306 e. The minimum atomic E-state index is -1.62. The van der Waals surface area contributed by atoms with Crippen LogP contribution in [0.1, 0.15) is 252 Å². The van der Waals surface area contributed by atoms with Crippen LogP contribution >= 0.6 is 0 Å². The van der Waals surface area contributed by atoms with Gasteiger partial charge in [-0.05, 0) is 70.6 Å². The Hall–Kier alpha value is -2.64. The number of amides is 1. The Bertz CT molecular complexity index is 1400. The Balaban J connectivity index is 2.72. The van der Waals surface area contributed by atoms with Crippen LogP contribution < -0.4 is 5.32 Å². The van der Waals surface area contributed by atoms with Crippen LogP contribution in [0.15, 0.2) is 60.8 Å². The Labute approximate surface area is 439 Å². The van der Waals surface area contributed by atoms with E-state index >= 15 is 0 Å². The van der Waals surface area contributed by atoms with Gasteiger partial charge in [-0.2, -0.15) is 0 Å².